The van der Waals surface area contributed by atoms with E-state index in [1.165, 1.54) is 6.92 Å². The highest BCUT2D eigenvalue weighted by Gasteiger charge is 2.09. The highest BCUT2D eigenvalue weighted by molar-refractivity contribution is 6.29. The van der Waals surface area contributed by atoms with Gasteiger partial charge in [0.25, 0.3) is 0 Å². The van der Waals surface area contributed by atoms with Gasteiger partial charge in [0.1, 0.15) is 11.0 Å². The molecule has 2 rings (SSSR count). The molecule has 0 aliphatic carbocycles. The van der Waals surface area contributed by atoms with Crippen LogP contribution in [-0.4, -0.2) is 10.8 Å². The Balaban J connectivity index is 2.37. The minimum absolute atomic E-state index is 0.0485. The fourth-order valence-corrected chi connectivity index (χ4v) is 1.62. The number of aromatic nitrogens is 1. The highest BCUT2D eigenvalue weighted by Crippen LogP contribution is 2.21. The maximum absolute atomic E-state index is 11.4. The SMILES string of the molecule is CC(=O)c1ccc(Cl)nc1Nc1ccccc1. The minimum Gasteiger partial charge on any atom is -0.340 e. The predicted octanol–water partition coefficient (Wildman–Crippen LogP) is 3.68. The van der Waals surface area contributed by atoms with Crippen molar-refractivity contribution in [3.05, 3.63) is 53.2 Å². The van der Waals surface area contributed by atoms with Crippen molar-refractivity contribution in [2.24, 2.45) is 0 Å². The van der Waals surface area contributed by atoms with E-state index in [0.717, 1.165) is 5.69 Å². The van der Waals surface area contributed by atoms with E-state index >= 15 is 0 Å². The molecule has 2 aromatic rings. The number of hydrogen-bond acceptors (Lipinski definition) is 3. The van der Waals surface area contributed by atoms with E-state index < -0.39 is 0 Å². The van der Waals surface area contributed by atoms with Crippen LogP contribution in [0.4, 0.5) is 11.5 Å². The van der Waals surface area contributed by atoms with Gasteiger partial charge in [-0.2, -0.15) is 0 Å². The molecule has 0 amide bonds. The Bertz CT molecular complexity index is 540. The summed E-state index contributed by atoms with van der Waals surface area (Å²) in [6.07, 6.45) is 0. The molecular weight excluding hydrogens is 236 g/mol. The molecule has 0 aliphatic heterocycles. The lowest BCUT2D eigenvalue weighted by molar-refractivity contribution is 0.101. The first kappa shape index (κ1) is 11.6. The molecule has 0 unspecified atom stereocenters. The standard InChI is InChI=1S/C13H11ClN2O/c1-9(17)11-7-8-12(14)16-13(11)15-10-5-3-2-4-6-10/h2-8H,1H3,(H,15,16). The van der Waals surface area contributed by atoms with E-state index in [-0.39, 0.29) is 5.78 Å². The number of nitrogens with zero attached hydrogens (tertiary/aromatic N) is 1. The molecule has 0 radical (unpaired) electrons. The van der Waals surface area contributed by atoms with Gasteiger partial charge < -0.3 is 5.32 Å². The average Bonchev–Trinajstić information content (AvgIpc) is 2.30. The van der Waals surface area contributed by atoms with Crippen LogP contribution in [0.1, 0.15) is 17.3 Å². The van der Waals surface area contributed by atoms with Gasteiger partial charge in [0.2, 0.25) is 0 Å². The maximum atomic E-state index is 11.4. The number of anilines is 2. The highest BCUT2D eigenvalue weighted by atomic mass is 35.5. The van der Waals surface area contributed by atoms with Gasteiger partial charge in [-0.05, 0) is 31.2 Å². The summed E-state index contributed by atoms with van der Waals surface area (Å²) in [5.74, 6) is 0.434. The van der Waals surface area contributed by atoms with Gasteiger partial charge in [-0.15, -0.1) is 0 Å². The van der Waals surface area contributed by atoms with Crippen molar-refractivity contribution in [1.82, 2.24) is 4.98 Å². The molecular formula is C13H11ClN2O. The number of pyridine rings is 1. The molecule has 0 atom stereocenters. The van der Waals surface area contributed by atoms with Crippen LogP contribution >= 0.6 is 11.6 Å². The van der Waals surface area contributed by atoms with Crippen molar-refractivity contribution in [2.45, 2.75) is 6.92 Å². The number of Topliss-reactive ketones (excluding diaryl/α,β-unsaturated/α-hetero) is 1. The number of carbonyl (C=O) groups excluding carboxylic acids is 1. The zero-order valence-corrected chi connectivity index (χ0v) is 10.0. The summed E-state index contributed by atoms with van der Waals surface area (Å²) in [5.41, 5.74) is 1.39. The summed E-state index contributed by atoms with van der Waals surface area (Å²) in [5, 5.41) is 3.43. The topological polar surface area (TPSA) is 42.0 Å². The number of nitrogens with one attached hydrogen (secondary N) is 1. The Morgan fingerprint density at radius 2 is 1.88 bits per heavy atom. The molecule has 0 saturated carbocycles. The summed E-state index contributed by atoms with van der Waals surface area (Å²) in [6.45, 7) is 1.50. The molecule has 86 valence electrons. The van der Waals surface area contributed by atoms with Crippen molar-refractivity contribution in [2.75, 3.05) is 5.32 Å². The molecule has 0 spiro atoms. The normalized spacial score (nSPS) is 10.0. The minimum atomic E-state index is -0.0485. The van der Waals surface area contributed by atoms with Gasteiger partial charge in [-0.25, -0.2) is 4.98 Å². The number of para-hydroxylation sites is 1. The lowest BCUT2D eigenvalue weighted by Gasteiger charge is -2.09. The van der Waals surface area contributed by atoms with Crippen LogP contribution in [0.2, 0.25) is 5.15 Å². The summed E-state index contributed by atoms with van der Waals surface area (Å²) in [7, 11) is 0. The fourth-order valence-electron chi connectivity index (χ4n) is 1.47. The van der Waals surface area contributed by atoms with Gasteiger partial charge in [-0.3, -0.25) is 4.79 Å². The number of ketones is 1. The van der Waals surface area contributed by atoms with Gasteiger partial charge in [0.15, 0.2) is 5.78 Å². The summed E-state index contributed by atoms with van der Waals surface area (Å²) in [6, 6.07) is 12.8. The third kappa shape index (κ3) is 2.82. The van der Waals surface area contributed by atoms with Crippen molar-refractivity contribution >= 4 is 28.9 Å². The second kappa shape index (κ2) is 4.97. The summed E-state index contributed by atoms with van der Waals surface area (Å²) < 4.78 is 0. The van der Waals surface area contributed by atoms with Crippen LogP contribution in [0.3, 0.4) is 0 Å². The van der Waals surface area contributed by atoms with E-state index in [0.29, 0.717) is 16.5 Å². The first-order valence-electron chi connectivity index (χ1n) is 5.16. The smallest absolute Gasteiger partial charge is 0.163 e. The number of carbonyl (C=O) groups is 1. The Morgan fingerprint density at radius 3 is 2.53 bits per heavy atom. The molecule has 1 N–H and O–H groups in total. The van der Waals surface area contributed by atoms with E-state index in [1.54, 1.807) is 12.1 Å². The van der Waals surface area contributed by atoms with Crippen LogP contribution in [0.5, 0.6) is 0 Å². The molecule has 0 aliphatic rings. The van der Waals surface area contributed by atoms with Gasteiger partial charge >= 0.3 is 0 Å². The van der Waals surface area contributed by atoms with Crippen molar-refractivity contribution in [3.8, 4) is 0 Å². The Labute approximate surface area is 104 Å². The first-order valence-corrected chi connectivity index (χ1v) is 5.54. The third-order valence-electron chi connectivity index (χ3n) is 2.28. The van der Waals surface area contributed by atoms with Crippen LogP contribution < -0.4 is 5.32 Å². The van der Waals surface area contributed by atoms with Gasteiger partial charge in [0.05, 0.1) is 5.56 Å². The van der Waals surface area contributed by atoms with Gasteiger partial charge in [0, 0.05) is 5.69 Å². The first-order chi connectivity index (χ1) is 8.16. The van der Waals surface area contributed by atoms with Crippen LogP contribution in [0.25, 0.3) is 0 Å². The molecule has 17 heavy (non-hydrogen) atoms. The van der Waals surface area contributed by atoms with E-state index in [4.69, 9.17) is 11.6 Å². The quantitative estimate of drug-likeness (QED) is 0.664. The molecule has 0 bridgehead atoms. The number of benzene rings is 1. The Kier molecular flexibility index (Phi) is 3.40. The maximum Gasteiger partial charge on any atom is 0.163 e. The second-order valence-electron chi connectivity index (χ2n) is 3.58. The molecule has 1 aromatic heterocycles. The summed E-state index contributed by atoms with van der Waals surface area (Å²) in [4.78, 5) is 15.6. The van der Waals surface area contributed by atoms with Gasteiger partial charge in [-0.1, -0.05) is 29.8 Å². The zero-order chi connectivity index (χ0) is 12.3. The van der Waals surface area contributed by atoms with Crippen LogP contribution in [0.15, 0.2) is 42.5 Å². The van der Waals surface area contributed by atoms with Crippen molar-refractivity contribution in [1.29, 1.82) is 0 Å². The fraction of sp³-hybridized carbons (Fsp3) is 0.0769. The number of halogens is 1. The molecule has 1 aromatic carbocycles. The Morgan fingerprint density at radius 1 is 1.18 bits per heavy atom. The Hall–Kier alpha value is -1.87. The van der Waals surface area contributed by atoms with Crippen LogP contribution in [0, 0.1) is 0 Å². The van der Waals surface area contributed by atoms with Crippen molar-refractivity contribution < 1.29 is 4.79 Å². The predicted molar refractivity (Wildman–Crippen MR) is 69.0 cm³/mol. The number of rotatable bonds is 3. The molecule has 0 fully saturated rings. The van der Waals surface area contributed by atoms with E-state index in [2.05, 4.69) is 10.3 Å². The second-order valence-corrected chi connectivity index (χ2v) is 3.96. The monoisotopic (exact) mass is 246 g/mol. The third-order valence-corrected chi connectivity index (χ3v) is 2.49. The summed E-state index contributed by atoms with van der Waals surface area (Å²) >= 11 is 5.83. The molecule has 4 heteroatoms. The average molecular weight is 247 g/mol. The number of hydrogen-bond donors (Lipinski definition) is 1. The lowest BCUT2D eigenvalue weighted by atomic mass is 10.2. The van der Waals surface area contributed by atoms with E-state index in [1.807, 2.05) is 30.3 Å². The molecule has 0 saturated heterocycles. The molecule has 1 heterocycles. The zero-order valence-electron chi connectivity index (χ0n) is 9.27. The lowest BCUT2D eigenvalue weighted by Crippen LogP contribution is -2.02. The van der Waals surface area contributed by atoms with Crippen molar-refractivity contribution in [3.63, 3.8) is 0 Å². The molecule has 3 nitrogen and oxygen atoms in total. The van der Waals surface area contributed by atoms with E-state index in [9.17, 15) is 4.79 Å². The largest absolute Gasteiger partial charge is 0.340 e. The van der Waals surface area contributed by atoms with Crippen LogP contribution in [-0.2, 0) is 0 Å².